The zero-order valence-electron chi connectivity index (χ0n) is 13.1. The van der Waals surface area contributed by atoms with E-state index in [1.54, 1.807) is 0 Å². The molecular formula is C13H27NO5S. The Bertz CT molecular complexity index is 386. The minimum Gasteiger partial charge on any atom is -0.444 e. The monoisotopic (exact) mass is 309 g/mol. The quantitative estimate of drug-likeness (QED) is 0.696. The zero-order valence-corrected chi connectivity index (χ0v) is 13.9. The molecule has 0 spiro atoms. The Morgan fingerprint density at radius 2 is 1.85 bits per heavy atom. The SMILES string of the molecule is CCC(CCNC(=O)OC(C)(C)C)CCOS(C)(=O)=O. The smallest absolute Gasteiger partial charge is 0.407 e. The summed E-state index contributed by atoms with van der Waals surface area (Å²) in [5, 5.41) is 2.69. The highest BCUT2D eigenvalue weighted by Crippen LogP contribution is 2.13. The maximum atomic E-state index is 11.4. The molecule has 0 aliphatic carbocycles. The lowest BCUT2D eigenvalue weighted by Crippen LogP contribution is -2.33. The molecule has 0 radical (unpaired) electrons. The summed E-state index contributed by atoms with van der Waals surface area (Å²) < 4.78 is 31.5. The second kappa shape index (κ2) is 8.46. The van der Waals surface area contributed by atoms with Gasteiger partial charge in [-0.25, -0.2) is 4.79 Å². The van der Waals surface area contributed by atoms with E-state index in [2.05, 4.69) is 5.32 Å². The summed E-state index contributed by atoms with van der Waals surface area (Å²) in [7, 11) is -3.37. The summed E-state index contributed by atoms with van der Waals surface area (Å²) in [4.78, 5) is 11.4. The largest absolute Gasteiger partial charge is 0.444 e. The summed E-state index contributed by atoms with van der Waals surface area (Å²) in [5.41, 5.74) is -0.502. The minimum atomic E-state index is -3.37. The Morgan fingerprint density at radius 1 is 1.25 bits per heavy atom. The fourth-order valence-corrected chi connectivity index (χ4v) is 2.01. The molecule has 0 aromatic carbocycles. The zero-order chi connectivity index (χ0) is 15.8. The predicted octanol–water partition coefficient (Wildman–Crippen LogP) is 2.29. The van der Waals surface area contributed by atoms with Gasteiger partial charge in [-0.1, -0.05) is 13.3 Å². The van der Waals surface area contributed by atoms with E-state index >= 15 is 0 Å². The van der Waals surface area contributed by atoms with Crippen LogP contribution in [0.1, 0.15) is 47.0 Å². The third-order valence-corrected chi connectivity index (χ3v) is 3.22. The van der Waals surface area contributed by atoms with Crippen molar-refractivity contribution in [3.63, 3.8) is 0 Å². The van der Waals surface area contributed by atoms with E-state index in [4.69, 9.17) is 8.92 Å². The highest BCUT2D eigenvalue weighted by Gasteiger charge is 2.16. The van der Waals surface area contributed by atoms with Gasteiger partial charge in [-0.05, 0) is 39.5 Å². The molecule has 120 valence electrons. The molecule has 0 aromatic rings. The molecule has 1 N–H and O–H groups in total. The van der Waals surface area contributed by atoms with Crippen LogP contribution in [0.3, 0.4) is 0 Å². The molecule has 20 heavy (non-hydrogen) atoms. The van der Waals surface area contributed by atoms with E-state index in [0.717, 1.165) is 19.1 Å². The van der Waals surface area contributed by atoms with Crippen molar-refractivity contribution in [1.29, 1.82) is 0 Å². The number of hydrogen-bond acceptors (Lipinski definition) is 5. The molecular weight excluding hydrogens is 282 g/mol. The highest BCUT2D eigenvalue weighted by molar-refractivity contribution is 7.85. The topological polar surface area (TPSA) is 81.7 Å². The molecule has 6 nitrogen and oxygen atoms in total. The van der Waals surface area contributed by atoms with Crippen molar-refractivity contribution in [1.82, 2.24) is 5.32 Å². The Morgan fingerprint density at radius 3 is 2.30 bits per heavy atom. The van der Waals surface area contributed by atoms with Gasteiger partial charge >= 0.3 is 6.09 Å². The number of alkyl carbamates (subject to hydrolysis) is 1. The summed E-state index contributed by atoms with van der Waals surface area (Å²) in [6, 6.07) is 0. The number of amides is 1. The first-order chi connectivity index (χ1) is 9.03. The molecule has 0 bridgehead atoms. The molecule has 0 heterocycles. The first-order valence-corrected chi connectivity index (χ1v) is 8.66. The van der Waals surface area contributed by atoms with Crippen molar-refractivity contribution in [2.75, 3.05) is 19.4 Å². The lowest BCUT2D eigenvalue weighted by molar-refractivity contribution is 0.0524. The Labute approximate surface area is 122 Å². The van der Waals surface area contributed by atoms with Crippen molar-refractivity contribution in [3.8, 4) is 0 Å². The van der Waals surface area contributed by atoms with Gasteiger partial charge in [-0.15, -0.1) is 0 Å². The van der Waals surface area contributed by atoms with Crippen LogP contribution < -0.4 is 5.32 Å². The molecule has 0 aromatic heterocycles. The molecule has 1 unspecified atom stereocenters. The molecule has 0 saturated heterocycles. The van der Waals surface area contributed by atoms with Crippen LogP contribution in [-0.2, 0) is 19.0 Å². The van der Waals surface area contributed by atoms with Crippen LogP contribution in [-0.4, -0.2) is 39.5 Å². The molecule has 7 heteroatoms. The predicted molar refractivity (Wildman–Crippen MR) is 78.0 cm³/mol. The maximum absolute atomic E-state index is 11.4. The van der Waals surface area contributed by atoms with E-state index in [9.17, 15) is 13.2 Å². The van der Waals surface area contributed by atoms with Crippen LogP contribution in [0.2, 0.25) is 0 Å². The van der Waals surface area contributed by atoms with Gasteiger partial charge < -0.3 is 10.1 Å². The van der Waals surface area contributed by atoms with E-state index in [-0.39, 0.29) is 6.61 Å². The van der Waals surface area contributed by atoms with Crippen molar-refractivity contribution in [2.24, 2.45) is 5.92 Å². The second-order valence-corrected chi connectivity index (χ2v) is 7.45. The van der Waals surface area contributed by atoms with Crippen molar-refractivity contribution < 1.29 is 22.1 Å². The van der Waals surface area contributed by atoms with Crippen LogP contribution in [0.4, 0.5) is 4.79 Å². The second-order valence-electron chi connectivity index (χ2n) is 5.81. The fourth-order valence-electron chi connectivity index (χ4n) is 1.61. The van der Waals surface area contributed by atoms with E-state index < -0.39 is 21.8 Å². The van der Waals surface area contributed by atoms with Crippen molar-refractivity contribution >= 4 is 16.2 Å². The first kappa shape index (κ1) is 19.2. The summed E-state index contributed by atoms with van der Waals surface area (Å²) >= 11 is 0. The van der Waals surface area contributed by atoms with Gasteiger partial charge in [-0.2, -0.15) is 8.42 Å². The van der Waals surface area contributed by atoms with E-state index in [1.165, 1.54) is 0 Å². The standard InChI is InChI=1S/C13H27NO5S/c1-6-11(8-10-18-20(5,16)17)7-9-14-12(15)19-13(2,3)4/h11H,6-10H2,1-5H3,(H,14,15). The van der Waals surface area contributed by atoms with Gasteiger partial charge in [0.2, 0.25) is 0 Å². The summed E-state index contributed by atoms with van der Waals surface area (Å²) in [6.07, 6.45) is 2.93. The molecule has 1 atom stereocenters. The maximum Gasteiger partial charge on any atom is 0.407 e. The Balaban J connectivity index is 3.88. The number of hydrogen-bond donors (Lipinski definition) is 1. The molecule has 0 aliphatic rings. The van der Waals surface area contributed by atoms with E-state index in [1.807, 2.05) is 27.7 Å². The third-order valence-electron chi connectivity index (χ3n) is 2.62. The van der Waals surface area contributed by atoms with Gasteiger partial charge in [0, 0.05) is 6.54 Å². The highest BCUT2D eigenvalue weighted by atomic mass is 32.2. The average Bonchev–Trinajstić information content (AvgIpc) is 2.22. The first-order valence-electron chi connectivity index (χ1n) is 6.84. The Hall–Kier alpha value is -0.820. The summed E-state index contributed by atoms with van der Waals surface area (Å²) in [6.45, 7) is 8.15. The van der Waals surface area contributed by atoms with Crippen LogP contribution >= 0.6 is 0 Å². The molecule has 1 amide bonds. The average molecular weight is 309 g/mol. The third kappa shape index (κ3) is 12.2. The van der Waals surface area contributed by atoms with Crippen LogP contribution in [0.25, 0.3) is 0 Å². The molecule has 0 fully saturated rings. The normalized spacial score (nSPS) is 13.8. The van der Waals surface area contributed by atoms with E-state index in [0.29, 0.717) is 18.9 Å². The van der Waals surface area contributed by atoms with Gasteiger partial charge in [0.15, 0.2) is 0 Å². The van der Waals surface area contributed by atoms with Crippen molar-refractivity contribution in [2.45, 2.75) is 52.6 Å². The Kier molecular flexibility index (Phi) is 8.12. The number of nitrogens with one attached hydrogen (secondary N) is 1. The molecule has 0 rings (SSSR count). The summed E-state index contributed by atoms with van der Waals surface area (Å²) in [5.74, 6) is 0.312. The number of ether oxygens (including phenoxy) is 1. The van der Waals surface area contributed by atoms with Crippen molar-refractivity contribution in [3.05, 3.63) is 0 Å². The molecule has 0 saturated carbocycles. The number of carbonyl (C=O) groups is 1. The van der Waals surface area contributed by atoms with Gasteiger partial charge in [0.05, 0.1) is 12.9 Å². The van der Waals surface area contributed by atoms with Gasteiger partial charge in [0.1, 0.15) is 5.60 Å². The molecule has 0 aliphatic heterocycles. The van der Waals surface area contributed by atoms with Crippen LogP contribution in [0.5, 0.6) is 0 Å². The number of rotatable bonds is 8. The fraction of sp³-hybridized carbons (Fsp3) is 0.923. The number of carbonyl (C=O) groups excluding carboxylic acids is 1. The van der Waals surface area contributed by atoms with Crippen LogP contribution in [0.15, 0.2) is 0 Å². The lowest BCUT2D eigenvalue weighted by atomic mass is 9.99. The lowest BCUT2D eigenvalue weighted by Gasteiger charge is -2.20. The minimum absolute atomic E-state index is 0.184. The van der Waals surface area contributed by atoms with Gasteiger partial charge in [0.25, 0.3) is 10.1 Å². The van der Waals surface area contributed by atoms with Crippen LogP contribution in [0, 0.1) is 5.92 Å². The van der Waals surface area contributed by atoms with Gasteiger partial charge in [-0.3, -0.25) is 4.18 Å².